The summed E-state index contributed by atoms with van der Waals surface area (Å²) in [5.41, 5.74) is 5.93. The van der Waals surface area contributed by atoms with Crippen LogP contribution < -0.4 is 19.9 Å². The first-order valence-electron chi connectivity index (χ1n) is 8.96. The molecule has 31 heavy (non-hydrogen) atoms. The highest BCUT2D eigenvalue weighted by Gasteiger charge is 2.25. The summed E-state index contributed by atoms with van der Waals surface area (Å²) in [4.78, 5) is 35.2. The highest BCUT2D eigenvalue weighted by Crippen LogP contribution is 2.38. The second kappa shape index (κ2) is 11.9. The first-order chi connectivity index (χ1) is 14.6. The van der Waals surface area contributed by atoms with Gasteiger partial charge in [0, 0.05) is 43.9 Å². The van der Waals surface area contributed by atoms with Gasteiger partial charge in [-0.2, -0.15) is 0 Å². The number of nitrogens with zero attached hydrogens (tertiary/aromatic N) is 2. The highest BCUT2D eigenvalue weighted by atomic mass is 16.5. The van der Waals surface area contributed by atoms with Gasteiger partial charge in [0.1, 0.15) is 0 Å². The molecule has 1 aliphatic heterocycles. The van der Waals surface area contributed by atoms with E-state index in [9.17, 15) is 14.4 Å². The highest BCUT2D eigenvalue weighted by molar-refractivity contribution is 5.96. The summed E-state index contributed by atoms with van der Waals surface area (Å²) in [6.45, 7) is 2.11. The molecule has 0 unspecified atom stereocenters. The molecule has 0 aromatic heterocycles. The first kappa shape index (κ1) is 25.1. The fourth-order valence-electron chi connectivity index (χ4n) is 2.68. The molecule has 1 aromatic carbocycles. The molecule has 0 atom stereocenters. The number of nitrogens with two attached hydrogens (primary N) is 1. The zero-order valence-corrected chi connectivity index (χ0v) is 17.5. The molecule has 12 heteroatoms. The molecular formula is C19H26N4O8. The van der Waals surface area contributed by atoms with E-state index in [0.717, 1.165) is 0 Å². The Morgan fingerprint density at radius 2 is 1.32 bits per heavy atom. The van der Waals surface area contributed by atoms with Crippen LogP contribution >= 0.6 is 0 Å². The molecule has 2 rings (SSSR count). The molecule has 170 valence electrons. The van der Waals surface area contributed by atoms with Crippen molar-refractivity contribution >= 4 is 23.8 Å². The molecule has 1 aliphatic rings. The number of guanidine groups is 1. The number of aliphatic carboxylic acids is 2. The number of carboxylic acid groups (broad SMARTS) is 2. The number of nitrogens with one attached hydrogen (secondary N) is 1. The number of carbonyl (C=O) groups is 3. The molecule has 0 radical (unpaired) electrons. The summed E-state index contributed by atoms with van der Waals surface area (Å²) in [6.07, 6.45) is 1.12. The minimum absolute atomic E-state index is 0.0323. The number of benzene rings is 1. The minimum Gasteiger partial charge on any atom is -0.493 e. The van der Waals surface area contributed by atoms with Gasteiger partial charge in [-0.1, -0.05) is 0 Å². The average Bonchev–Trinajstić information content (AvgIpc) is 2.76. The molecule has 12 nitrogen and oxygen atoms in total. The van der Waals surface area contributed by atoms with Crippen molar-refractivity contribution in [1.82, 2.24) is 9.80 Å². The molecule has 0 bridgehead atoms. The lowest BCUT2D eigenvalue weighted by atomic mass is 10.1. The van der Waals surface area contributed by atoms with Crippen LogP contribution in [0.1, 0.15) is 10.4 Å². The van der Waals surface area contributed by atoms with Crippen LogP contribution in [0.3, 0.4) is 0 Å². The van der Waals surface area contributed by atoms with Crippen LogP contribution in [0.15, 0.2) is 24.3 Å². The minimum atomic E-state index is -1.26. The van der Waals surface area contributed by atoms with Gasteiger partial charge < -0.3 is 40.0 Å². The van der Waals surface area contributed by atoms with Gasteiger partial charge in [-0.15, -0.1) is 0 Å². The van der Waals surface area contributed by atoms with E-state index in [0.29, 0.717) is 61.1 Å². The van der Waals surface area contributed by atoms with E-state index in [2.05, 4.69) is 0 Å². The van der Waals surface area contributed by atoms with Crippen molar-refractivity contribution in [3.05, 3.63) is 29.8 Å². The number of hydrogen-bond donors (Lipinski definition) is 4. The first-order valence-corrected chi connectivity index (χ1v) is 8.96. The molecule has 5 N–H and O–H groups in total. The number of hydrogen-bond acceptors (Lipinski definition) is 7. The number of piperazine rings is 1. The van der Waals surface area contributed by atoms with E-state index in [1.54, 1.807) is 21.9 Å². The summed E-state index contributed by atoms with van der Waals surface area (Å²) < 4.78 is 15.8. The van der Waals surface area contributed by atoms with Gasteiger partial charge in [-0.05, 0) is 12.1 Å². The maximum atomic E-state index is 12.7. The van der Waals surface area contributed by atoms with Crippen LogP contribution in [0, 0.1) is 5.41 Å². The smallest absolute Gasteiger partial charge is 0.328 e. The number of carbonyl (C=O) groups excluding carboxylic acids is 1. The van der Waals surface area contributed by atoms with Crippen molar-refractivity contribution in [2.45, 2.75) is 0 Å². The number of methoxy groups -OCH3 is 3. The molecule has 0 aliphatic carbocycles. The summed E-state index contributed by atoms with van der Waals surface area (Å²) in [5, 5.41) is 23.1. The molecule has 1 fully saturated rings. The number of ether oxygens (including phenoxy) is 3. The maximum absolute atomic E-state index is 12.7. The van der Waals surface area contributed by atoms with Gasteiger partial charge in [0.25, 0.3) is 5.91 Å². The Hall–Kier alpha value is -3.96. The van der Waals surface area contributed by atoms with Gasteiger partial charge >= 0.3 is 11.9 Å². The van der Waals surface area contributed by atoms with E-state index < -0.39 is 11.9 Å². The summed E-state index contributed by atoms with van der Waals surface area (Å²) >= 11 is 0. The molecule has 1 heterocycles. The zero-order valence-electron chi connectivity index (χ0n) is 17.5. The second-order valence-corrected chi connectivity index (χ2v) is 6.09. The van der Waals surface area contributed by atoms with Crippen LogP contribution in [0.25, 0.3) is 0 Å². The van der Waals surface area contributed by atoms with E-state index in [1.165, 1.54) is 21.3 Å². The van der Waals surface area contributed by atoms with Crippen LogP contribution in [-0.4, -0.2) is 91.3 Å². The Morgan fingerprint density at radius 1 is 0.903 bits per heavy atom. The van der Waals surface area contributed by atoms with Gasteiger partial charge in [0.15, 0.2) is 17.5 Å². The molecule has 1 aromatic rings. The summed E-state index contributed by atoms with van der Waals surface area (Å²) in [7, 11) is 4.54. The number of amides is 1. The zero-order chi connectivity index (χ0) is 23.6. The lowest BCUT2D eigenvalue weighted by Crippen LogP contribution is -2.52. The second-order valence-electron chi connectivity index (χ2n) is 6.09. The SMILES string of the molecule is COc1cc(C(=O)N2CCN(C(=N)N)CC2)cc(OC)c1OC.O=C(O)/C=C/C(=O)O. The van der Waals surface area contributed by atoms with Crippen molar-refractivity contribution in [1.29, 1.82) is 5.41 Å². The van der Waals surface area contributed by atoms with Gasteiger partial charge in [-0.3, -0.25) is 10.2 Å². The van der Waals surface area contributed by atoms with Crippen molar-refractivity contribution < 1.29 is 38.8 Å². The fraction of sp³-hybridized carbons (Fsp3) is 0.368. The Morgan fingerprint density at radius 3 is 1.65 bits per heavy atom. The van der Waals surface area contributed by atoms with Crippen LogP contribution in [0.2, 0.25) is 0 Å². The summed E-state index contributed by atoms with van der Waals surface area (Å²) in [6, 6.07) is 3.28. The maximum Gasteiger partial charge on any atom is 0.328 e. The third kappa shape index (κ3) is 7.42. The van der Waals surface area contributed by atoms with Gasteiger partial charge in [0.05, 0.1) is 21.3 Å². The Kier molecular flexibility index (Phi) is 9.63. The van der Waals surface area contributed by atoms with E-state index in [-0.39, 0.29) is 11.9 Å². The Bertz CT molecular complexity index is 806. The lowest BCUT2D eigenvalue weighted by Gasteiger charge is -2.35. The molecule has 1 saturated heterocycles. The average molecular weight is 438 g/mol. The van der Waals surface area contributed by atoms with Crippen molar-refractivity contribution in [2.75, 3.05) is 47.5 Å². The monoisotopic (exact) mass is 438 g/mol. The van der Waals surface area contributed by atoms with Crippen LogP contribution in [0.4, 0.5) is 0 Å². The predicted molar refractivity (Wildman–Crippen MR) is 110 cm³/mol. The lowest BCUT2D eigenvalue weighted by molar-refractivity contribution is -0.134. The number of rotatable bonds is 6. The number of carboxylic acids is 2. The Labute approximate surface area is 178 Å². The predicted octanol–water partition coefficient (Wildman–Crippen LogP) is 0.0755. The van der Waals surface area contributed by atoms with E-state index >= 15 is 0 Å². The largest absolute Gasteiger partial charge is 0.493 e. The summed E-state index contributed by atoms with van der Waals surface area (Å²) in [5.74, 6) is -1.26. The van der Waals surface area contributed by atoms with Gasteiger partial charge in [-0.25, -0.2) is 9.59 Å². The third-order valence-electron chi connectivity index (χ3n) is 4.19. The topological polar surface area (TPSA) is 176 Å². The van der Waals surface area contributed by atoms with Crippen molar-refractivity contribution in [3.8, 4) is 17.2 Å². The van der Waals surface area contributed by atoms with E-state index in [1.807, 2.05) is 0 Å². The quantitative estimate of drug-likeness (QED) is 0.270. The van der Waals surface area contributed by atoms with Crippen molar-refractivity contribution in [2.24, 2.45) is 5.73 Å². The molecule has 0 saturated carbocycles. The third-order valence-corrected chi connectivity index (χ3v) is 4.19. The van der Waals surface area contributed by atoms with E-state index in [4.69, 9.17) is 35.6 Å². The fourth-order valence-corrected chi connectivity index (χ4v) is 2.68. The molecular weight excluding hydrogens is 412 g/mol. The van der Waals surface area contributed by atoms with Gasteiger partial charge in [0.2, 0.25) is 5.75 Å². The Balaban J connectivity index is 0.000000512. The van der Waals surface area contributed by atoms with Crippen LogP contribution in [-0.2, 0) is 9.59 Å². The van der Waals surface area contributed by atoms with Crippen LogP contribution in [0.5, 0.6) is 17.2 Å². The normalized spacial score (nSPS) is 13.1. The van der Waals surface area contributed by atoms with Crippen molar-refractivity contribution in [3.63, 3.8) is 0 Å². The molecule has 0 spiro atoms. The standard InChI is InChI=1S/C15H22N4O4.C4H4O4/c1-21-11-8-10(9-12(22-2)13(11)23-3)14(20)18-4-6-19(7-5-18)15(16)17;5-3(6)1-2-4(7)8/h8-9H,4-7H2,1-3H3,(H3,16,17);1-2H,(H,5,6)(H,7,8)/b;2-1+. The molecule has 1 amide bonds.